The molecule has 0 aliphatic carbocycles. The molecule has 0 saturated carbocycles. The number of rotatable bonds is 12. The Kier molecular flexibility index (Phi) is 9.22. The first-order chi connectivity index (χ1) is 17.6. The highest BCUT2D eigenvalue weighted by molar-refractivity contribution is 7.91. The highest BCUT2D eigenvalue weighted by Gasteiger charge is 2.33. The Bertz CT molecular complexity index is 1250. The first kappa shape index (κ1) is 28.1. The maximum Gasteiger partial charge on any atom is 0.273 e. The van der Waals surface area contributed by atoms with Crippen LogP contribution in [-0.4, -0.2) is 68.8 Å². The van der Waals surface area contributed by atoms with Crippen molar-refractivity contribution in [2.45, 2.75) is 39.3 Å². The molecule has 37 heavy (non-hydrogen) atoms. The van der Waals surface area contributed by atoms with Crippen LogP contribution in [0.1, 0.15) is 53.6 Å². The summed E-state index contributed by atoms with van der Waals surface area (Å²) in [5.41, 5.74) is 1.68. The van der Waals surface area contributed by atoms with Gasteiger partial charge < -0.3 is 31.3 Å². The second-order valence-electron chi connectivity index (χ2n) is 8.90. The van der Waals surface area contributed by atoms with E-state index >= 15 is 0 Å². The number of nitrogens with one attached hydrogen (secondary N) is 3. The number of sulfone groups is 1. The molecule has 0 spiro atoms. The number of hydrogen-bond donors (Lipinski definition) is 4. The van der Waals surface area contributed by atoms with Gasteiger partial charge in [0.1, 0.15) is 5.82 Å². The fraction of sp³-hybridized carbons (Fsp3) is 0.440. The number of methoxy groups -OCH3 is 1. The Labute approximate surface area is 217 Å². The number of benzene rings is 1. The van der Waals surface area contributed by atoms with Gasteiger partial charge in [-0.1, -0.05) is 25.1 Å². The van der Waals surface area contributed by atoms with Gasteiger partial charge in [0, 0.05) is 24.9 Å². The number of carbonyl (C=O) groups is 2. The van der Waals surface area contributed by atoms with Crippen molar-refractivity contribution in [3.05, 3.63) is 52.8 Å². The van der Waals surface area contributed by atoms with Crippen molar-refractivity contribution in [1.29, 1.82) is 0 Å². The summed E-state index contributed by atoms with van der Waals surface area (Å²) in [4.78, 5) is 26.0. The summed E-state index contributed by atoms with van der Waals surface area (Å²) in [5.74, 6) is 5.83. The van der Waals surface area contributed by atoms with Gasteiger partial charge in [0.25, 0.3) is 11.8 Å². The molecule has 3 rings (SSSR count). The quantitative estimate of drug-likeness (QED) is 0.301. The molecule has 2 heterocycles. The molecule has 0 radical (unpaired) electrons. The minimum Gasteiger partial charge on any atom is -0.488 e. The number of nitrogens with zero attached hydrogens (tertiary/aromatic N) is 1. The van der Waals surface area contributed by atoms with E-state index in [0.717, 1.165) is 0 Å². The Hall–Kier alpha value is -3.51. The number of nitrogen functional groups attached to an aromatic ring is 1. The van der Waals surface area contributed by atoms with Crippen LogP contribution in [0.25, 0.3) is 6.08 Å². The molecule has 5 N–H and O–H groups in total. The number of nitrogens with two attached hydrogens (primary N) is 1. The summed E-state index contributed by atoms with van der Waals surface area (Å²) >= 11 is 0. The van der Waals surface area contributed by atoms with Crippen LogP contribution in [0, 0.1) is 0 Å². The van der Waals surface area contributed by atoms with Gasteiger partial charge in [0.15, 0.2) is 21.3 Å². The molecular formula is C25H35N5O6S. The fourth-order valence-corrected chi connectivity index (χ4v) is 4.93. The molecule has 202 valence electrons. The van der Waals surface area contributed by atoms with Crippen molar-refractivity contribution in [2.75, 3.05) is 42.9 Å². The van der Waals surface area contributed by atoms with E-state index in [1.807, 2.05) is 26.8 Å². The maximum atomic E-state index is 13.2. The zero-order valence-corrected chi connectivity index (χ0v) is 22.4. The maximum absolute atomic E-state index is 13.2. The van der Waals surface area contributed by atoms with Crippen molar-refractivity contribution in [1.82, 2.24) is 15.3 Å². The van der Waals surface area contributed by atoms with E-state index in [4.69, 9.17) is 15.3 Å². The van der Waals surface area contributed by atoms with Gasteiger partial charge in [-0.3, -0.25) is 9.59 Å². The van der Waals surface area contributed by atoms with E-state index in [0.29, 0.717) is 29.1 Å². The molecule has 2 aromatic rings. The summed E-state index contributed by atoms with van der Waals surface area (Å²) in [5, 5.41) is 8.89. The number of amides is 2. The third-order valence-corrected chi connectivity index (χ3v) is 7.37. The van der Waals surface area contributed by atoms with Crippen LogP contribution in [0.5, 0.6) is 5.75 Å². The van der Waals surface area contributed by atoms with Crippen molar-refractivity contribution < 1.29 is 27.5 Å². The van der Waals surface area contributed by atoms with E-state index in [1.165, 1.54) is 11.8 Å². The smallest absolute Gasteiger partial charge is 0.273 e. The molecule has 1 unspecified atom stereocenters. The van der Waals surface area contributed by atoms with Crippen molar-refractivity contribution >= 4 is 33.5 Å². The number of aromatic nitrogens is 1. The Morgan fingerprint density at radius 3 is 2.49 bits per heavy atom. The standard InChI is InChI=1S/C25H35N5O6S/c1-5-19-20(29-24(31)17-9-7-6-8-10-17)15-18-22(36-16(2)3)21(30(26)23(18)28-19)25(32)27-11-13-37(33,34)14-12-35-4/h6-10,15-16,19,28H,5,11-14,26H2,1-4H3,(H,27,32)(H,29,31). The first-order valence-electron chi connectivity index (χ1n) is 12.1. The Balaban J connectivity index is 1.91. The second kappa shape index (κ2) is 12.2. The SMILES string of the molecule is CCC1Nc2c(c(OC(C)C)c(C(=O)NCCS(=O)(=O)CCOC)n2N)C=C1NC(=O)c1ccccc1. The lowest BCUT2D eigenvalue weighted by Crippen LogP contribution is -2.37. The lowest BCUT2D eigenvalue weighted by molar-refractivity contribution is 0.0939. The zero-order valence-electron chi connectivity index (χ0n) is 21.5. The lowest BCUT2D eigenvalue weighted by Gasteiger charge is -2.27. The average Bonchev–Trinajstić information content (AvgIpc) is 3.12. The van der Waals surface area contributed by atoms with E-state index in [-0.39, 0.29) is 54.2 Å². The Morgan fingerprint density at radius 1 is 1.16 bits per heavy atom. The number of fused-ring (bicyclic) bond motifs is 1. The molecule has 0 saturated heterocycles. The highest BCUT2D eigenvalue weighted by atomic mass is 32.2. The zero-order chi connectivity index (χ0) is 27.2. The van der Waals surface area contributed by atoms with Crippen LogP contribution < -0.4 is 26.5 Å². The number of hydrogen-bond acceptors (Lipinski definition) is 8. The van der Waals surface area contributed by atoms with Crippen LogP contribution in [0.15, 0.2) is 36.0 Å². The predicted molar refractivity (Wildman–Crippen MR) is 143 cm³/mol. The second-order valence-corrected chi connectivity index (χ2v) is 11.2. The number of carbonyl (C=O) groups excluding carboxylic acids is 2. The first-order valence-corrected chi connectivity index (χ1v) is 13.9. The van der Waals surface area contributed by atoms with Gasteiger partial charge in [0.2, 0.25) is 0 Å². The van der Waals surface area contributed by atoms with Crippen LogP contribution in [-0.2, 0) is 14.6 Å². The monoisotopic (exact) mass is 533 g/mol. The van der Waals surface area contributed by atoms with Gasteiger partial charge >= 0.3 is 0 Å². The van der Waals surface area contributed by atoms with E-state index in [9.17, 15) is 18.0 Å². The predicted octanol–water partition coefficient (Wildman–Crippen LogP) is 1.76. The van der Waals surface area contributed by atoms with Crippen LogP contribution in [0.4, 0.5) is 5.82 Å². The highest BCUT2D eigenvalue weighted by Crippen LogP contribution is 2.39. The molecule has 12 heteroatoms. The lowest BCUT2D eigenvalue weighted by atomic mass is 10.0. The van der Waals surface area contributed by atoms with Gasteiger partial charge in [-0.25, -0.2) is 13.1 Å². The third-order valence-electron chi connectivity index (χ3n) is 5.75. The molecule has 2 amide bonds. The largest absolute Gasteiger partial charge is 0.488 e. The summed E-state index contributed by atoms with van der Waals surface area (Å²) in [6.45, 7) is 5.58. The Morgan fingerprint density at radius 2 is 1.86 bits per heavy atom. The van der Waals surface area contributed by atoms with Gasteiger partial charge in [-0.2, -0.15) is 0 Å². The topological polar surface area (TPSA) is 154 Å². The van der Waals surface area contributed by atoms with E-state index < -0.39 is 15.7 Å². The molecule has 1 aliphatic heterocycles. The molecular weight excluding hydrogens is 498 g/mol. The molecule has 1 atom stereocenters. The molecule has 1 aliphatic rings. The van der Waals surface area contributed by atoms with Crippen LogP contribution in [0.2, 0.25) is 0 Å². The average molecular weight is 534 g/mol. The summed E-state index contributed by atoms with van der Waals surface area (Å²) in [7, 11) is -1.96. The molecule has 0 bridgehead atoms. The summed E-state index contributed by atoms with van der Waals surface area (Å²) < 4.78 is 36.2. The fourth-order valence-electron chi connectivity index (χ4n) is 3.89. The minimum atomic E-state index is -3.39. The van der Waals surface area contributed by atoms with Gasteiger partial charge in [-0.15, -0.1) is 0 Å². The van der Waals surface area contributed by atoms with E-state index in [1.54, 1.807) is 30.3 Å². The van der Waals surface area contributed by atoms with Crippen molar-refractivity contribution in [3.8, 4) is 5.75 Å². The summed E-state index contributed by atoms with van der Waals surface area (Å²) in [6.07, 6.45) is 2.10. The van der Waals surface area contributed by atoms with Gasteiger partial charge in [0.05, 0.1) is 35.8 Å². The van der Waals surface area contributed by atoms with Crippen molar-refractivity contribution in [3.63, 3.8) is 0 Å². The number of anilines is 1. The normalized spacial score (nSPS) is 14.9. The number of ether oxygens (including phenoxy) is 2. The summed E-state index contributed by atoms with van der Waals surface area (Å²) in [6, 6.07) is 8.58. The molecule has 0 fully saturated rings. The molecule has 1 aromatic carbocycles. The van der Waals surface area contributed by atoms with E-state index in [2.05, 4.69) is 16.0 Å². The van der Waals surface area contributed by atoms with Gasteiger partial charge in [-0.05, 0) is 38.5 Å². The minimum absolute atomic E-state index is 0.0437. The van der Waals surface area contributed by atoms with Crippen molar-refractivity contribution in [2.24, 2.45) is 0 Å². The van der Waals surface area contributed by atoms with Crippen LogP contribution >= 0.6 is 0 Å². The van der Waals surface area contributed by atoms with Crippen LogP contribution in [0.3, 0.4) is 0 Å². The third kappa shape index (κ3) is 6.83. The molecule has 1 aromatic heterocycles. The molecule has 11 nitrogen and oxygen atoms in total.